The van der Waals surface area contributed by atoms with E-state index in [9.17, 15) is 0 Å². The van der Waals surface area contributed by atoms with Crippen molar-refractivity contribution in [2.45, 2.75) is 34.1 Å². The zero-order chi connectivity index (χ0) is 13.8. The summed E-state index contributed by atoms with van der Waals surface area (Å²) >= 11 is 0. The number of anilines is 1. The van der Waals surface area contributed by atoms with Gasteiger partial charge in [-0.2, -0.15) is 0 Å². The molecule has 0 amide bonds. The van der Waals surface area contributed by atoms with Gasteiger partial charge in [-0.15, -0.1) is 0 Å². The molecule has 0 aliphatic heterocycles. The third kappa shape index (κ3) is 3.11. The fourth-order valence-corrected chi connectivity index (χ4v) is 2.36. The van der Waals surface area contributed by atoms with E-state index >= 15 is 0 Å². The van der Waals surface area contributed by atoms with Crippen LogP contribution in [0.4, 0.5) is 5.82 Å². The van der Waals surface area contributed by atoms with Gasteiger partial charge in [-0.25, -0.2) is 9.97 Å². The molecular weight excluding hydrogens is 234 g/mol. The highest BCUT2D eigenvalue weighted by atomic mass is 15.0. The largest absolute Gasteiger partial charge is 0.370 e. The zero-order valence-corrected chi connectivity index (χ0v) is 12.1. The summed E-state index contributed by atoms with van der Waals surface area (Å²) in [5, 5.41) is 3.30. The van der Waals surface area contributed by atoms with Crippen LogP contribution in [-0.4, -0.2) is 16.5 Å². The molecule has 0 aliphatic rings. The number of rotatable bonds is 4. The van der Waals surface area contributed by atoms with Crippen LogP contribution in [0.2, 0.25) is 0 Å². The van der Waals surface area contributed by atoms with E-state index in [4.69, 9.17) is 0 Å². The highest BCUT2D eigenvalue weighted by molar-refractivity contribution is 5.66. The molecule has 1 aromatic heterocycles. The van der Waals surface area contributed by atoms with E-state index < -0.39 is 0 Å². The van der Waals surface area contributed by atoms with Gasteiger partial charge in [-0.3, -0.25) is 0 Å². The summed E-state index contributed by atoms with van der Waals surface area (Å²) in [6, 6.07) is 6.27. The van der Waals surface area contributed by atoms with Gasteiger partial charge in [0.25, 0.3) is 0 Å². The van der Waals surface area contributed by atoms with Crippen LogP contribution in [0.15, 0.2) is 24.4 Å². The molecule has 0 bridgehead atoms. The Hall–Kier alpha value is -1.90. The molecule has 0 saturated heterocycles. The average molecular weight is 255 g/mol. The summed E-state index contributed by atoms with van der Waals surface area (Å²) in [4.78, 5) is 9.03. The first-order valence-corrected chi connectivity index (χ1v) is 6.77. The van der Waals surface area contributed by atoms with Crippen molar-refractivity contribution >= 4 is 5.82 Å². The lowest BCUT2D eigenvalue weighted by molar-refractivity contribution is 0.965. The summed E-state index contributed by atoms with van der Waals surface area (Å²) in [7, 11) is 0. The second-order valence-corrected chi connectivity index (χ2v) is 4.97. The normalized spacial score (nSPS) is 10.5. The molecule has 2 rings (SSSR count). The monoisotopic (exact) mass is 255 g/mol. The number of hydrogen-bond acceptors (Lipinski definition) is 3. The van der Waals surface area contributed by atoms with Crippen LogP contribution >= 0.6 is 0 Å². The van der Waals surface area contributed by atoms with Crippen LogP contribution in [0.1, 0.15) is 30.0 Å². The standard InChI is InChI=1S/C16H21N3/c1-5-7-17-14-6-8-18-16(19-14)15-12(3)9-11(2)10-13(15)4/h6,8-10H,5,7H2,1-4H3,(H,17,18,19). The Bertz CT molecular complexity index is 553. The van der Waals surface area contributed by atoms with Crippen molar-refractivity contribution in [1.82, 2.24) is 9.97 Å². The molecule has 0 atom stereocenters. The van der Waals surface area contributed by atoms with Crippen molar-refractivity contribution in [2.75, 3.05) is 11.9 Å². The van der Waals surface area contributed by atoms with Crippen molar-refractivity contribution in [2.24, 2.45) is 0 Å². The lowest BCUT2D eigenvalue weighted by atomic mass is 9.99. The van der Waals surface area contributed by atoms with Gasteiger partial charge in [0, 0.05) is 18.3 Å². The van der Waals surface area contributed by atoms with Crippen molar-refractivity contribution in [1.29, 1.82) is 0 Å². The molecule has 0 unspecified atom stereocenters. The first-order chi connectivity index (χ1) is 9.11. The molecule has 1 N–H and O–H groups in total. The van der Waals surface area contributed by atoms with Gasteiger partial charge in [-0.1, -0.05) is 24.6 Å². The maximum absolute atomic E-state index is 4.61. The number of hydrogen-bond donors (Lipinski definition) is 1. The van der Waals surface area contributed by atoms with Crippen molar-refractivity contribution in [3.05, 3.63) is 41.1 Å². The van der Waals surface area contributed by atoms with E-state index in [1.54, 1.807) is 0 Å². The van der Waals surface area contributed by atoms with E-state index in [0.717, 1.165) is 30.2 Å². The Morgan fingerprint density at radius 1 is 1.11 bits per heavy atom. The van der Waals surface area contributed by atoms with E-state index in [0.29, 0.717) is 0 Å². The van der Waals surface area contributed by atoms with Gasteiger partial charge in [-0.05, 0) is 44.4 Å². The molecule has 3 heteroatoms. The fourth-order valence-electron chi connectivity index (χ4n) is 2.36. The second-order valence-electron chi connectivity index (χ2n) is 4.97. The quantitative estimate of drug-likeness (QED) is 0.900. The zero-order valence-electron chi connectivity index (χ0n) is 12.1. The minimum Gasteiger partial charge on any atom is -0.370 e. The predicted molar refractivity (Wildman–Crippen MR) is 80.5 cm³/mol. The summed E-state index contributed by atoms with van der Waals surface area (Å²) in [5.74, 6) is 1.70. The summed E-state index contributed by atoms with van der Waals surface area (Å²) < 4.78 is 0. The molecule has 1 heterocycles. The molecule has 0 fully saturated rings. The van der Waals surface area contributed by atoms with Gasteiger partial charge in [0.1, 0.15) is 5.82 Å². The van der Waals surface area contributed by atoms with E-state index in [2.05, 4.69) is 55.1 Å². The maximum Gasteiger partial charge on any atom is 0.162 e. The molecule has 19 heavy (non-hydrogen) atoms. The number of nitrogens with zero attached hydrogens (tertiary/aromatic N) is 2. The summed E-state index contributed by atoms with van der Waals surface area (Å²) in [5.41, 5.74) is 4.88. The second kappa shape index (κ2) is 5.83. The highest BCUT2D eigenvalue weighted by Crippen LogP contribution is 2.26. The Labute approximate surface area is 115 Å². The molecule has 0 aliphatic carbocycles. The number of aryl methyl sites for hydroxylation is 3. The number of nitrogens with one attached hydrogen (secondary N) is 1. The van der Waals surface area contributed by atoms with Crippen molar-refractivity contribution in [3.63, 3.8) is 0 Å². The van der Waals surface area contributed by atoms with Gasteiger partial charge >= 0.3 is 0 Å². The molecule has 3 nitrogen and oxygen atoms in total. The topological polar surface area (TPSA) is 37.8 Å². The van der Waals surface area contributed by atoms with Gasteiger partial charge < -0.3 is 5.32 Å². The van der Waals surface area contributed by atoms with Crippen LogP contribution in [-0.2, 0) is 0 Å². The maximum atomic E-state index is 4.61. The van der Waals surface area contributed by atoms with Gasteiger partial charge in [0.2, 0.25) is 0 Å². The predicted octanol–water partition coefficient (Wildman–Crippen LogP) is 3.89. The molecule has 2 aromatic rings. The van der Waals surface area contributed by atoms with E-state index in [-0.39, 0.29) is 0 Å². The van der Waals surface area contributed by atoms with Gasteiger partial charge in [0.15, 0.2) is 5.82 Å². The molecular formula is C16H21N3. The number of benzene rings is 1. The Balaban J connectivity index is 2.42. The smallest absolute Gasteiger partial charge is 0.162 e. The van der Waals surface area contributed by atoms with Crippen LogP contribution in [0.25, 0.3) is 11.4 Å². The van der Waals surface area contributed by atoms with Crippen LogP contribution in [0.5, 0.6) is 0 Å². The Kier molecular flexibility index (Phi) is 4.15. The van der Waals surface area contributed by atoms with E-state index in [1.165, 1.54) is 16.7 Å². The summed E-state index contributed by atoms with van der Waals surface area (Å²) in [6.07, 6.45) is 2.90. The Morgan fingerprint density at radius 2 is 1.79 bits per heavy atom. The average Bonchev–Trinajstić information content (AvgIpc) is 2.35. The molecule has 1 aromatic carbocycles. The first kappa shape index (κ1) is 13.5. The van der Waals surface area contributed by atoms with Crippen molar-refractivity contribution < 1.29 is 0 Å². The van der Waals surface area contributed by atoms with Crippen LogP contribution in [0.3, 0.4) is 0 Å². The lowest BCUT2D eigenvalue weighted by Gasteiger charge is -2.11. The molecule has 0 radical (unpaired) electrons. The minimum atomic E-state index is 0.802. The molecule has 100 valence electrons. The Morgan fingerprint density at radius 3 is 2.42 bits per heavy atom. The van der Waals surface area contributed by atoms with E-state index in [1.807, 2.05) is 12.3 Å². The molecule has 0 saturated carbocycles. The molecule has 0 spiro atoms. The first-order valence-electron chi connectivity index (χ1n) is 6.77. The van der Waals surface area contributed by atoms with Crippen LogP contribution in [0, 0.1) is 20.8 Å². The van der Waals surface area contributed by atoms with Crippen molar-refractivity contribution in [3.8, 4) is 11.4 Å². The summed E-state index contributed by atoms with van der Waals surface area (Å²) in [6.45, 7) is 9.42. The van der Waals surface area contributed by atoms with Crippen LogP contribution < -0.4 is 5.32 Å². The SMILES string of the molecule is CCCNc1ccnc(-c2c(C)cc(C)cc2C)n1. The van der Waals surface area contributed by atoms with Gasteiger partial charge in [0.05, 0.1) is 0 Å². The third-order valence-corrected chi connectivity index (χ3v) is 3.11. The fraction of sp³-hybridized carbons (Fsp3) is 0.375. The third-order valence-electron chi connectivity index (χ3n) is 3.11. The highest BCUT2D eigenvalue weighted by Gasteiger charge is 2.09. The number of aromatic nitrogens is 2. The minimum absolute atomic E-state index is 0.802. The lowest BCUT2D eigenvalue weighted by Crippen LogP contribution is -2.04.